The summed E-state index contributed by atoms with van der Waals surface area (Å²) in [5.74, 6) is 0. The van der Waals surface area contributed by atoms with E-state index in [1.165, 1.54) is 57.8 Å². The van der Waals surface area contributed by atoms with E-state index in [0.717, 1.165) is 32.9 Å². The van der Waals surface area contributed by atoms with E-state index < -0.39 is 0 Å². The summed E-state index contributed by atoms with van der Waals surface area (Å²) in [4.78, 5) is 0. The van der Waals surface area contributed by atoms with Crippen molar-refractivity contribution in [1.82, 2.24) is 5.32 Å². The molecule has 0 aromatic carbocycles. The van der Waals surface area contributed by atoms with Crippen LogP contribution in [0.3, 0.4) is 0 Å². The summed E-state index contributed by atoms with van der Waals surface area (Å²) >= 11 is 0. The molecular formula is C17H35NO2. The molecule has 0 aromatic rings. The molecule has 0 spiro atoms. The lowest BCUT2D eigenvalue weighted by molar-refractivity contribution is 0.137. The Morgan fingerprint density at radius 2 is 1.85 bits per heavy atom. The smallest absolute Gasteiger partial charge is 0.0587 e. The molecule has 20 heavy (non-hydrogen) atoms. The van der Waals surface area contributed by atoms with E-state index in [4.69, 9.17) is 9.47 Å². The predicted octanol–water partition coefficient (Wildman–Crippen LogP) is 3.77. The molecule has 3 heteroatoms. The fourth-order valence-corrected chi connectivity index (χ4v) is 3.06. The summed E-state index contributed by atoms with van der Waals surface area (Å²) in [6.07, 6.45) is 12.3. The molecule has 1 heterocycles. The van der Waals surface area contributed by atoms with Gasteiger partial charge in [-0.15, -0.1) is 0 Å². The first-order valence-corrected chi connectivity index (χ1v) is 8.60. The van der Waals surface area contributed by atoms with Gasteiger partial charge in [-0.05, 0) is 12.8 Å². The minimum Gasteiger partial charge on any atom is -0.383 e. The Hall–Kier alpha value is -0.120. The van der Waals surface area contributed by atoms with Crippen LogP contribution in [-0.4, -0.2) is 40.0 Å². The summed E-state index contributed by atoms with van der Waals surface area (Å²) in [7, 11) is 1.76. The molecule has 1 aliphatic rings. The molecule has 1 atom stereocenters. The number of hydrogen-bond donors (Lipinski definition) is 1. The quantitative estimate of drug-likeness (QED) is 0.523. The SMILES string of the molecule is CCCCCCCCCC1(CNCCOC)CCOC1. The second-order valence-corrected chi connectivity index (χ2v) is 6.34. The molecule has 1 N–H and O–H groups in total. The third-order valence-corrected chi connectivity index (χ3v) is 4.48. The minimum absolute atomic E-state index is 0.400. The van der Waals surface area contributed by atoms with Gasteiger partial charge < -0.3 is 14.8 Å². The van der Waals surface area contributed by atoms with Crippen LogP contribution in [0.4, 0.5) is 0 Å². The van der Waals surface area contributed by atoms with E-state index in [1.54, 1.807) is 7.11 Å². The maximum Gasteiger partial charge on any atom is 0.0587 e. The fraction of sp³-hybridized carbons (Fsp3) is 1.00. The predicted molar refractivity (Wildman–Crippen MR) is 85.2 cm³/mol. The molecule has 1 fully saturated rings. The van der Waals surface area contributed by atoms with Crippen LogP contribution in [-0.2, 0) is 9.47 Å². The number of ether oxygens (including phenoxy) is 2. The monoisotopic (exact) mass is 285 g/mol. The van der Waals surface area contributed by atoms with Gasteiger partial charge in [0.1, 0.15) is 0 Å². The van der Waals surface area contributed by atoms with Crippen LogP contribution >= 0.6 is 0 Å². The lowest BCUT2D eigenvalue weighted by Gasteiger charge is -2.28. The molecule has 1 rings (SSSR count). The highest BCUT2D eigenvalue weighted by Gasteiger charge is 2.33. The Labute approximate surface area is 125 Å². The topological polar surface area (TPSA) is 30.5 Å². The highest BCUT2D eigenvalue weighted by Crippen LogP contribution is 2.33. The maximum absolute atomic E-state index is 5.66. The van der Waals surface area contributed by atoms with Gasteiger partial charge in [-0.1, -0.05) is 51.9 Å². The van der Waals surface area contributed by atoms with E-state index in [1.807, 2.05) is 0 Å². The zero-order valence-electron chi connectivity index (χ0n) is 13.7. The van der Waals surface area contributed by atoms with Crippen LogP contribution in [0.15, 0.2) is 0 Å². The number of nitrogens with one attached hydrogen (secondary N) is 1. The summed E-state index contributed by atoms with van der Waals surface area (Å²) < 4.78 is 10.7. The van der Waals surface area contributed by atoms with Gasteiger partial charge in [0.2, 0.25) is 0 Å². The lowest BCUT2D eigenvalue weighted by atomic mass is 9.81. The van der Waals surface area contributed by atoms with Crippen molar-refractivity contribution in [2.24, 2.45) is 5.41 Å². The second-order valence-electron chi connectivity index (χ2n) is 6.34. The molecule has 3 nitrogen and oxygen atoms in total. The van der Waals surface area contributed by atoms with Crippen LogP contribution in [0.25, 0.3) is 0 Å². The number of hydrogen-bond acceptors (Lipinski definition) is 3. The van der Waals surface area contributed by atoms with E-state index >= 15 is 0 Å². The van der Waals surface area contributed by atoms with Crippen molar-refractivity contribution in [3.8, 4) is 0 Å². The van der Waals surface area contributed by atoms with Gasteiger partial charge in [0.25, 0.3) is 0 Å². The minimum atomic E-state index is 0.400. The molecule has 0 aliphatic carbocycles. The Morgan fingerprint density at radius 1 is 1.10 bits per heavy atom. The zero-order valence-corrected chi connectivity index (χ0v) is 13.7. The van der Waals surface area contributed by atoms with Crippen molar-refractivity contribution in [3.05, 3.63) is 0 Å². The van der Waals surface area contributed by atoms with Crippen molar-refractivity contribution >= 4 is 0 Å². The Kier molecular flexibility index (Phi) is 10.3. The average Bonchev–Trinajstić information content (AvgIpc) is 2.92. The molecule has 1 saturated heterocycles. The van der Waals surface area contributed by atoms with E-state index in [0.29, 0.717) is 5.41 Å². The Balaban J connectivity index is 2.08. The van der Waals surface area contributed by atoms with Gasteiger partial charge in [-0.25, -0.2) is 0 Å². The molecule has 0 radical (unpaired) electrons. The first-order chi connectivity index (χ1) is 9.83. The summed E-state index contributed by atoms with van der Waals surface area (Å²) in [6, 6.07) is 0. The van der Waals surface area contributed by atoms with E-state index in [2.05, 4.69) is 12.2 Å². The van der Waals surface area contributed by atoms with Crippen LogP contribution in [0, 0.1) is 5.41 Å². The van der Waals surface area contributed by atoms with Crippen molar-refractivity contribution in [2.45, 2.75) is 64.7 Å². The molecule has 0 aromatic heterocycles. The number of methoxy groups -OCH3 is 1. The van der Waals surface area contributed by atoms with Gasteiger partial charge >= 0.3 is 0 Å². The molecule has 0 bridgehead atoms. The van der Waals surface area contributed by atoms with Crippen LogP contribution in [0.5, 0.6) is 0 Å². The standard InChI is InChI=1S/C17H35NO2/c1-3-4-5-6-7-8-9-10-17(11-13-20-16-17)15-18-12-14-19-2/h18H,3-16H2,1-2H3. The van der Waals surface area contributed by atoms with Crippen molar-refractivity contribution in [1.29, 1.82) is 0 Å². The van der Waals surface area contributed by atoms with Crippen molar-refractivity contribution in [2.75, 3.05) is 40.0 Å². The first kappa shape index (κ1) is 17.9. The van der Waals surface area contributed by atoms with E-state index in [-0.39, 0.29) is 0 Å². The van der Waals surface area contributed by atoms with Crippen LogP contribution in [0.1, 0.15) is 64.7 Å². The van der Waals surface area contributed by atoms with Gasteiger partial charge in [0, 0.05) is 32.2 Å². The van der Waals surface area contributed by atoms with Gasteiger partial charge in [-0.3, -0.25) is 0 Å². The Bertz CT molecular complexity index is 215. The zero-order chi connectivity index (χ0) is 14.5. The summed E-state index contributed by atoms with van der Waals surface area (Å²) in [6.45, 7) is 7.02. The summed E-state index contributed by atoms with van der Waals surface area (Å²) in [5, 5.41) is 3.53. The fourth-order valence-electron chi connectivity index (χ4n) is 3.06. The third kappa shape index (κ3) is 7.61. The summed E-state index contributed by atoms with van der Waals surface area (Å²) in [5.41, 5.74) is 0.400. The van der Waals surface area contributed by atoms with Gasteiger partial charge in [0.15, 0.2) is 0 Å². The average molecular weight is 285 g/mol. The number of unbranched alkanes of at least 4 members (excludes halogenated alkanes) is 6. The highest BCUT2D eigenvalue weighted by molar-refractivity contribution is 4.85. The highest BCUT2D eigenvalue weighted by atomic mass is 16.5. The Morgan fingerprint density at radius 3 is 2.50 bits per heavy atom. The number of rotatable bonds is 13. The van der Waals surface area contributed by atoms with E-state index in [9.17, 15) is 0 Å². The third-order valence-electron chi connectivity index (χ3n) is 4.48. The molecule has 1 unspecified atom stereocenters. The van der Waals surface area contributed by atoms with Crippen molar-refractivity contribution < 1.29 is 9.47 Å². The molecular weight excluding hydrogens is 250 g/mol. The second kappa shape index (κ2) is 11.5. The molecule has 120 valence electrons. The normalized spacial score (nSPS) is 22.5. The van der Waals surface area contributed by atoms with Crippen molar-refractivity contribution in [3.63, 3.8) is 0 Å². The maximum atomic E-state index is 5.66. The van der Waals surface area contributed by atoms with Gasteiger partial charge in [0.05, 0.1) is 13.2 Å². The molecule has 1 aliphatic heterocycles. The first-order valence-electron chi connectivity index (χ1n) is 8.60. The lowest BCUT2D eigenvalue weighted by Crippen LogP contribution is -2.36. The van der Waals surface area contributed by atoms with Crippen LogP contribution < -0.4 is 5.32 Å². The van der Waals surface area contributed by atoms with Crippen LogP contribution in [0.2, 0.25) is 0 Å². The molecule has 0 amide bonds. The molecule has 0 saturated carbocycles. The largest absolute Gasteiger partial charge is 0.383 e. The van der Waals surface area contributed by atoms with Gasteiger partial charge in [-0.2, -0.15) is 0 Å².